The lowest BCUT2D eigenvalue weighted by Crippen LogP contribution is -1.90. The summed E-state index contributed by atoms with van der Waals surface area (Å²) in [5.41, 5.74) is 0.682. The van der Waals surface area contributed by atoms with Crippen LogP contribution in [-0.2, 0) is 0 Å². The summed E-state index contributed by atoms with van der Waals surface area (Å²) in [7, 11) is 3.20. The average Bonchev–Trinajstić information content (AvgIpc) is 2.26. The molecule has 0 saturated carbocycles. The van der Waals surface area contributed by atoms with Crippen LogP contribution < -0.4 is 9.47 Å². The van der Waals surface area contributed by atoms with Crippen LogP contribution in [0.2, 0.25) is 0 Å². The minimum absolute atomic E-state index is 0.670. The summed E-state index contributed by atoms with van der Waals surface area (Å²) >= 11 is 5.29. The number of fused-ring (bicyclic) bond motifs is 1. The number of hydrogen-bond donors (Lipinski definition) is 0. The molecule has 0 unspecified atom stereocenters. The SMILES string of the molecule is COc1cc(OC)c2c(=S)cc(C)oc2c1. The molecule has 84 valence electrons. The zero-order chi connectivity index (χ0) is 11.7. The number of benzene rings is 1. The Balaban J connectivity index is 2.89. The number of rotatable bonds is 2. The van der Waals surface area contributed by atoms with Crippen molar-refractivity contribution in [1.29, 1.82) is 0 Å². The van der Waals surface area contributed by atoms with E-state index in [1.807, 2.05) is 13.0 Å². The van der Waals surface area contributed by atoms with Crippen LogP contribution in [0.5, 0.6) is 11.5 Å². The predicted octanol–water partition coefficient (Wildman–Crippen LogP) is 3.49. The summed E-state index contributed by atoms with van der Waals surface area (Å²) in [6.07, 6.45) is 0. The molecule has 1 aromatic carbocycles. The second kappa shape index (κ2) is 4.14. The second-order valence-corrected chi connectivity index (χ2v) is 3.86. The molecule has 0 amide bonds. The van der Waals surface area contributed by atoms with Gasteiger partial charge in [0.15, 0.2) is 0 Å². The highest BCUT2D eigenvalue weighted by molar-refractivity contribution is 7.71. The van der Waals surface area contributed by atoms with Gasteiger partial charge in [0.1, 0.15) is 22.8 Å². The molecular formula is C12H12O3S. The molecule has 0 aliphatic heterocycles. The van der Waals surface area contributed by atoms with Gasteiger partial charge in [-0.05, 0) is 13.0 Å². The molecule has 0 aliphatic carbocycles. The average molecular weight is 236 g/mol. The molecule has 0 N–H and O–H groups in total. The Hall–Kier alpha value is -1.55. The predicted molar refractivity (Wildman–Crippen MR) is 64.9 cm³/mol. The number of methoxy groups -OCH3 is 2. The van der Waals surface area contributed by atoms with Gasteiger partial charge in [-0.25, -0.2) is 0 Å². The zero-order valence-electron chi connectivity index (χ0n) is 9.37. The van der Waals surface area contributed by atoms with E-state index in [1.165, 1.54) is 0 Å². The van der Waals surface area contributed by atoms with Crippen LogP contribution in [0.15, 0.2) is 22.6 Å². The van der Waals surface area contributed by atoms with Gasteiger partial charge in [-0.1, -0.05) is 12.2 Å². The first-order valence-electron chi connectivity index (χ1n) is 4.82. The minimum atomic E-state index is 0.670. The van der Waals surface area contributed by atoms with E-state index in [0.29, 0.717) is 17.1 Å². The van der Waals surface area contributed by atoms with E-state index < -0.39 is 0 Å². The molecule has 2 rings (SSSR count). The fourth-order valence-electron chi connectivity index (χ4n) is 1.63. The van der Waals surface area contributed by atoms with E-state index in [1.54, 1.807) is 26.4 Å². The molecule has 0 atom stereocenters. The Bertz CT molecular complexity index is 587. The topological polar surface area (TPSA) is 31.6 Å². The lowest BCUT2D eigenvalue weighted by Gasteiger charge is -2.08. The molecule has 1 aromatic heterocycles. The summed E-state index contributed by atoms with van der Waals surface area (Å²) in [4.78, 5) is 0. The molecule has 0 aliphatic rings. The van der Waals surface area contributed by atoms with Crippen molar-refractivity contribution in [3.8, 4) is 11.5 Å². The van der Waals surface area contributed by atoms with E-state index in [-0.39, 0.29) is 0 Å². The lowest BCUT2D eigenvalue weighted by atomic mass is 10.2. The highest BCUT2D eigenvalue weighted by Gasteiger charge is 2.09. The Morgan fingerprint density at radius 2 is 1.88 bits per heavy atom. The van der Waals surface area contributed by atoms with Crippen molar-refractivity contribution < 1.29 is 13.9 Å². The Kier molecular flexibility index (Phi) is 2.83. The van der Waals surface area contributed by atoms with Crippen LogP contribution in [0.4, 0.5) is 0 Å². The van der Waals surface area contributed by atoms with Crippen LogP contribution in [0.1, 0.15) is 5.76 Å². The third-order valence-corrected chi connectivity index (χ3v) is 2.67. The zero-order valence-corrected chi connectivity index (χ0v) is 10.2. The van der Waals surface area contributed by atoms with Crippen LogP contribution in [-0.4, -0.2) is 14.2 Å². The van der Waals surface area contributed by atoms with Gasteiger partial charge >= 0.3 is 0 Å². The summed E-state index contributed by atoms with van der Waals surface area (Å²) in [6.45, 7) is 1.86. The molecule has 1 heterocycles. The quantitative estimate of drug-likeness (QED) is 0.747. The highest BCUT2D eigenvalue weighted by Crippen LogP contribution is 2.32. The normalized spacial score (nSPS) is 10.4. The number of ether oxygens (including phenoxy) is 2. The van der Waals surface area contributed by atoms with Crippen molar-refractivity contribution in [2.75, 3.05) is 14.2 Å². The minimum Gasteiger partial charge on any atom is -0.496 e. The van der Waals surface area contributed by atoms with Crippen LogP contribution in [0.25, 0.3) is 11.0 Å². The number of hydrogen-bond acceptors (Lipinski definition) is 4. The second-order valence-electron chi connectivity index (χ2n) is 3.42. The Labute approximate surface area is 98.6 Å². The van der Waals surface area contributed by atoms with Crippen molar-refractivity contribution in [2.45, 2.75) is 6.92 Å². The monoisotopic (exact) mass is 236 g/mol. The van der Waals surface area contributed by atoms with E-state index in [0.717, 1.165) is 15.7 Å². The molecular weight excluding hydrogens is 224 g/mol. The molecule has 0 saturated heterocycles. The first-order valence-corrected chi connectivity index (χ1v) is 5.23. The maximum atomic E-state index is 5.60. The smallest absolute Gasteiger partial charge is 0.143 e. The van der Waals surface area contributed by atoms with E-state index in [2.05, 4.69) is 0 Å². The van der Waals surface area contributed by atoms with Gasteiger partial charge in [-0.2, -0.15) is 0 Å². The van der Waals surface area contributed by atoms with Crippen molar-refractivity contribution in [1.82, 2.24) is 0 Å². The fraction of sp³-hybridized carbons (Fsp3) is 0.250. The van der Waals surface area contributed by atoms with Crippen molar-refractivity contribution in [2.24, 2.45) is 0 Å². The van der Waals surface area contributed by atoms with Gasteiger partial charge in [-0.15, -0.1) is 0 Å². The van der Waals surface area contributed by atoms with Crippen LogP contribution in [0, 0.1) is 11.4 Å². The van der Waals surface area contributed by atoms with E-state index in [9.17, 15) is 0 Å². The van der Waals surface area contributed by atoms with Gasteiger partial charge in [0, 0.05) is 12.1 Å². The van der Waals surface area contributed by atoms with Crippen molar-refractivity contribution in [3.63, 3.8) is 0 Å². The lowest BCUT2D eigenvalue weighted by molar-refractivity contribution is 0.396. The molecule has 4 heteroatoms. The molecule has 0 bridgehead atoms. The molecule has 2 aromatic rings. The van der Waals surface area contributed by atoms with Gasteiger partial charge < -0.3 is 13.9 Å². The first-order chi connectivity index (χ1) is 7.65. The summed E-state index contributed by atoms with van der Waals surface area (Å²) in [5, 5.41) is 0.809. The molecule has 0 spiro atoms. The van der Waals surface area contributed by atoms with Crippen LogP contribution in [0.3, 0.4) is 0 Å². The largest absolute Gasteiger partial charge is 0.496 e. The fourth-order valence-corrected chi connectivity index (χ4v) is 1.99. The third kappa shape index (κ3) is 1.76. The molecule has 0 radical (unpaired) electrons. The maximum Gasteiger partial charge on any atom is 0.143 e. The summed E-state index contributed by atoms with van der Waals surface area (Å²) < 4.78 is 16.8. The standard InChI is InChI=1S/C12H12O3S/c1-7-4-11(16)12-9(14-3)5-8(13-2)6-10(12)15-7/h4-6H,1-3H3. The Morgan fingerprint density at radius 1 is 1.12 bits per heavy atom. The van der Waals surface area contributed by atoms with Gasteiger partial charge in [0.05, 0.1) is 24.1 Å². The number of aryl methyl sites for hydroxylation is 1. The highest BCUT2D eigenvalue weighted by atomic mass is 32.1. The van der Waals surface area contributed by atoms with Crippen molar-refractivity contribution >= 4 is 23.2 Å². The summed E-state index contributed by atoms with van der Waals surface area (Å²) in [6, 6.07) is 5.41. The van der Waals surface area contributed by atoms with E-state index in [4.69, 9.17) is 26.1 Å². The van der Waals surface area contributed by atoms with Crippen LogP contribution >= 0.6 is 12.2 Å². The van der Waals surface area contributed by atoms with Crippen molar-refractivity contribution in [3.05, 3.63) is 28.5 Å². The molecule has 0 fully saturated rings. The van der Waals surface area contributed by atoms with Gasteiger partial charge in [0.2, 0.25) is 0 Å². The Morgan fingerprint density at radius 3 is 2.50 bits per heavy atom. The molecule has 16 heavy (non-hydrogen) atoms. The third-order valence-electron chi connectivity index (χ3n) is 2.35. The summed E-state index contributed by atoms with van der Waals surface area (Å²) in [5.74, 6) is 2.13. The van der Waals surface area contributed by atoms with E-state index >= 15 is 0 Å². The first kappa shape index (κ1) is 11.0. The van der Waals surface area contributed by atoms with Gasteiger partial charge in [-0.3, -0.25) is 0 Å². The maximum absolute atomic E-state index is 5.60. The van der Waals surface area contributed by atoms with Gasteiger partial charge in [0.25, 0.3) is 0 Å². The molecule has 3 nitrogen and oxygen atoms in total.